The molecule has 1 aromatic heterocycles. The van der Waals surface area contributed by atoms with Gasteiger partial charge < -0.3 is 19.4 Å². The number of rotatable bonds is 10. The predicted octanol–water partition coefficient (Wildman–Crippen LogP) is 5.22. The van der Waals surface area contributed by atoms with E-state index >= 15 is 0 Å². The van der Waals surface area contributed by atoms with Crippen LogP contribution in [0.1, 0.15) is 66.4 Å². The minimum atomic E-state index is -0.791. The van der Waals surface area contributed by atoms with Crippen LogP contribution in [-0.2, 0) is 32.5 Å². The second-order valence-electron chi connectivity index (χ2n) is 11.3. The number of nitrogens with zero attached hydrogens (tertiary/aromatic N) is 2. The zero-order valence-corrected chi connectivity index (χ0v) is 23.1. The fourth-order valence-corrected chi connectivity index (χ4v) is 4.50. The third kappa shape index (κ3) is 7.91. The molecule has 0 bridgehead atoms. The number of aliphatic imine (C=N–C) groups is 1. The Morgan fingerprint density at radius 3 is 2.57 bits per heavy atom. The lowest BCUT2D eigenvalue weighted by molar-refractivity contribution is -0.151. The van der Waals surface area contributed by atoms with Crippen LogP contribution >= 0.6 is 0 Å². The number of nitrogens with one attached hydrogen (secondary N) is 1. The van der Waals surface area contributed by atoms with E-state index in [1.807, 2.05) is 55.9 Å². The van der Waals surface area contributed by atoms with Gasteiger partial charge in [-0.05, 0) is 63.5 Å². The Kier molecular flexibility index (Phi) is 9.16. The maximum Gasteiger partial charge on any atom is 0.433 e. The van der Waals surface area contributed by atoms with Gasteiger partial charge >= 0.3 is 12.1 Å². The van der Waals surface area contributed by atoms with Crippen LogP contribution in [0, 0.1) is 17.8 Å². The second kappa shape index (κ2) is 11.9. The Balaban J connectivity index is 1.80. The van der Waals surface area contributed by atoms with Gasteiger partial charge in [0.2, 0.25) is 5.91 Å². The van der Waals surface area contributed by atoms with Crippen LogP contribution in [-0.4, -0.2) is 46.5 Å². The lowest BCUT2D eigenvalue weighted by Crippen LogP contribution is -2.48. The molecule has 1 aliphatic rings. The van der Waals surface area contributed by atoms with E-state index < -0.39 is 35.5 Å². The first-order valence-corrected chi connectivity index (χ1v) is 13.2. The number of benzene rings is 1. The van der Waals surface area contributed by atoms with Crippen LogP contribution in [0.15, 0.2) is 35.5 Å². The third-order valence-corrected chi connectivity index (χ3v) is 6.51. The van der Waals surface area contributed by atoms with Gasteiger partial charge in [0.1, 0.15) is 17.7 Å². The Bertz CT molecular complexity index is 1140. The number of aromatic nitrogens is 1. The average molecular weight is 512 g/mol. The second-order valence-corrected chi connectivity index (χ2v) is 11.3. The zero-order valence-electron chi connectivity index (χ0n) is 23.1. The van der Waals surface area contributed by atoms with Crippen LogP contribution in [0.25, 0.3) is 10.9 Å². The van der Waals surface area contributed by atoms with Gasteiger partial charge in [0.25, 0.3) is 0 Å². The van der Waals surface area contributed by atoms with Gasteiger partial charge in [-0.1, -0.05) is 45.4 Å². The van der Waals surface area contributed by atoms with E-state index in [-0.39, 0.29) is 12.0 Å². The van der Waals surface area contributed by atoms with Crippen LogP contribution in [0.3, 0.4) is 0 Å². The predicted molar refractivity (Wildman–Crippen MR) is 145 cm³/mol. The first-order chi connectivity index (χ1) is 17.4. The number of fused-ring (bicyclic) bond motifs is 1. The van der Waals surface area contributed by atoms with E-state index in [0.29, 0.717) is 12.3 Å². The number of carbonyl (C=O) groups is 3. The van der Waals surface area contributed by atoms with Crippen molar-refractivity contribution >= 4 is 35.1 Å². The molecular weight excluding hydrogens is 470 g/mol. The summed E-state index contributed by atoms with van der Waals surface area (Å²) >= 11 is 0. The molecule has 0 saturated heterocycles. The van der Waals surface area contributed by atoms with E-state index in [4.69, 9.17) is 9.47 Å². The van der Waals surface area contributed by atoms with Crippen molar-refractivity contribution in [3.05, 3.63) is 36.0 Å². The number of aryl methyl sites for hydroxylation is 1. The number of carbonyl (C=O) groups excluding carboxylic acids is 3. The fraction of sp³-hybridized carbons (Fsp3) is 0.586. The van der Waals surface area contributed by atoms with Crippen LogP contribution in [0.4, 0.5) is 4.79 Å². The molecule has 2 aromatic rings. The normalized spacial score (nSPS) is 19.1. The molecule has 0 aliphatic heterocycles. The SMILES string of the molecule is CCCC1CC1OC(=O)[C@@H](NC(=O)C(C=NC(=O)OC(C)(C)C)Cc1cn(C)c2ccccc12)C(C)C. The van der Waals surface area contributed by atoms with E-state index in [2.05, 4.69) is 17.2 Å². The molecular formula is C29H41N3O5. The summed E-state index contributed by atoms with van der Waals surface area (Å²) in [4.78, 5) is 42.7. The van der Waals surface area contributed by atoms with Crippen molar-refractivity contribution in [1.29, 1.82) is 0 Å². The minimum Gasteiger partial charge on any atom is -0.461 e. The van der Waals surface area contributed by atoms with E-state index in [1.165, 1.54) is 6.21 Å². The minimum absolute atomic E-state index is 0.0641. The molecule has 202 valence electrons. The molecule has 1 heterocycles. The Morgan fingerprint density at radius 1 is 1.22 bits per heavy atom. The number of amides is 2. The highest BCUT2D eigenvalue weighted by Gasteiger charge is 2.41. The summed E-state index contributed by atoms with van der Waals surface area (Å²) in [6, 6.07) is 7.13. The molecule has 8 nitrogen and oxygen atoms in total. The van der Waals surface area contributed by atoms with Crippen molar-refractivity contribution in [2.24, 2.45) is 29.8 Å². The summed E-state index contributed by atoms with van der Waals surface area (Å²) in [5.41, 5.74) is 1.28. The van der Waals surface area contributed by atoms with Gasteiger partial charge in [-0.3, -0.25) is 4.79 Å². The smallest absolute Gasteiger partial charge is 0.433 e. The van der Waals surface area contributed by atoms with Crippen molar-refractivity contribution < 1.29 is 23.9 Å². The lowest BCUT2D eigenvalue weighted by atomic mass is 9.97. The summed E-state index contributed by atoms with van der Waals surface area (Å²) in [5.74, 6) is -1.35. The number of hydrogen-bond donors (Lipinski definition) is 1. The quantitative estimate of drug-likeness (QED) is 0.348. The third-order valence-electron chi connectivity index (χ3n) is 6.51. The summed E-state index contributed by atoms with van der Waals surface area (Å²) in [6.45, 7) is 11.1. The maximum atomic E-state index is 13.5. The number of hydrogen-bond acceptors (Lipinski definition) is 5. The van der Waals surface area contributed by atoms with Gasteiger partial charge in [-0.15, -0.1) is 0 Å². The molecule has 1 aromatic carbocycles. The van der Waals surface area contributed by atoms with Crippen LogP contribution < -0.4 is 5.32 Å². The molecule has 37 heavy (non-hydrogen) atoms. The van der Waals surface area contributed by atoms with E-state index in [9.17, 15) is 14.4 Å². The Morgan fingerprint density at radius 2 is 1.92 bits per heavy atom. The van der Waals surface area contributed by atoms with Gasteiger partial charge in [-0.25, -0.2) is 9.59 Å². The van der Waals surface area contributed by atoms with Crippen molar-refractivity contribution in [2.75, 3.05) is 0 Å². The molecule has 1 N–H and O–H groups in total. The monoisotopic (exact) mass is 511 g/mol. The largest absolute Gasteiger partial charge is 0.461 e. The van der Waals surface area contributed by atoms with Crippen molar-refractivity contribution in [2.45, 2.75) is 85.0 Å². The lowest BCUT2D eigenvalue weighted by Gasteiger charge is -2.23. The first-order valence-electron chi connectivity index (χ1n) is 13.2. The molecule has 4 atom stereocenters. The van der Waals surface area contributed by atoms with E-state index in [0.717, 1.165) is 35.7 Å². The van der Waals surface area contributed by atoms with Crippen LogP contribution in [0.2, 0.25) is 0 Å². The van der Waals surface area contributed by atoms with Crippen molar-refractivity contribution in [1.82, 2.24) is 9.88 Å². The maximum absolute atomic E-state index is 13.5. The summed E-state index contributed by atoms with van der Waals surface area (Å²) in [7, 11) is 1.95. The zero-order chi connectivity index (χ0) is 27.3. The highest BCUT2D eigenvalue weighted by molar-refractivity contribution is 5.99. The molecule has 1 fully saturated rings. The molecule has 0 radical (unpaired) electrons. The summed E-state index contributed by atoms with van der Waals surface area (Å²) in [5, 5.41) is 3.90. The summed E-state index contributed by atoms with van der Waals surface area (Å²) in [6.07, 6.45) is 5.74. The number of ether oxygens (including phenoxy) is 2. The standard InChI is InChI=1S/C29H41N3O5/c1-8-11-19-15-24(19)36-27(34)25(18(2)3)31-26(33)20(16-30-28(35)37-29(4,5)6)14-21-17-32(7)23-13-10-9-12-22(21)23/h9-10,12-13,16-20,24-25H,8,11,14-15H2,1-7H3,(H,31,33)/t19?,20?,24?,25-/m0/s1. The van der Waals surface area contributed by atoms with Crippen molar-refractivity contribution in [3.63, 3.8) is 0 Å². The van der Waals surface area contributed by atoms with E-state index in [1.54, 1.807) is 20.8 Å². The van der Waals surface area contributed by atoms with Gasteiger partial charge in [-0.2, -0.15) is 4.99 Å². The highest BCUT2D eigenvalue weighted by Crippen LogP contribution is 2.38. The molecule has 0 spiro atoms. The molecule has 3 rings (SSSR count). The highest BCUT2D eigenvalue weighted by atomic mass is 16.6. The van der Waals surface area contributed by atoms with Gasteiger partial charge in [0, 0.05) is 30.4 Å². The van der Waals surface area contributed by atoms with Crippen LogP contribution in [0.5, 0.6) is 0 Å². The van der Waals surface area contributed by atoms with Gasteiger partial charge in [0.05, 0.1) is 5.92 Å². The first kappa shape index (κ1) is 28.4. The van der Waals surface area contributed by atoms with Crippen molar-refractivity contribution in [3.8, 4) is 0 Å². The Hall–Kier alpha value is -3.16. The molecule has 3 unspecified atom stereocenters. The molecule has 8 heteroatoms. The number of esters is 1. The topological polar surface area (TPSA) is 99.0 Å². The Labute approximate surface area is 219 Å². The molecule has 1 saturated carbocycles. The fourth-order valence-electron chi connectivity index (χ4n) is 4.50. The summed E-state index contributed by atoms with van der Waals surface area (Å²) < 4.78 is 13.0. The number of para-hydroxylation sites is 1. The molecule has 1 aliphatic carbocycles. The average Bonchev–Trinajstić information content (AvgIpc) is 3.45. The van der Waals surface area contributed by atoms with Gasteiger partial charge in [0.15, 0.2) is 0 Å². The molecule has 2 amide bonds.